The van der Waals surface area contributed by atoms with E-state index in [1.807, 2.05) is 0 Å². The van der Waals surface area contributed by atoms with E-state index < -0.39 is 50.8 Å². The highest BCUT2D eigenvalue weighted by atomic mass is 16.6. The number of nitro benzene ring substituents is 1. The summed E-state index contributed by atoms with van der Waals surface area (Å²) in [4.78, 5) is 51.8. The highest BCUT2D eigenvalue weighted by molar-refractivity contribution is 6.03. The second kappa shape index (κ2) is 9.06. The Morgan fingerprint density at radius 2 is 1.60 bits per heavy atom. The molecule has 1 aromatic heterocycles. The molecular weight excluding hydrogens is 546 g/mol. The van der Waals surface area contributed by atoms with Crippen LogP contribution >= 0.6 is 0 Å². The van der Waals surface area contributed by atoms with Crippen LogP contribution in [0, 0.1) is 33.1 Å². The summed E-state index contributed by atoms with van der Waals surface area (Å²) in [6, 6.07) is 19.2. The molecule has 1 spiro atoms. The summed E-state index contributed by atoms with van der Waals surface area (Å²) >= 11 is 0. The molecule has 0 N–H and O–H groups in total. The van der Waals surface area contributed by atoms with Gasteiger partial charge in [0.05, 0.1) is 27.2 Å². The van der Waals surface area contributed by atoms with Gasteiger partial charge in [-0.1, -0.05) is 53.7 Å². The zero-order valence-corrected chi connectivity index (χ0v) is 22.0. The zero-order valence-electron chi connectivity index (χ0n) is 22.0. The molecule has 0 radical (unpaired) electrons. The summed E-state index contributed by atoms with van der Waals surface area (Å²) in [6.07, 6.45) is -1.20. The second-order valence-electron chi connectivity index (χ2n) is 10.7. The van der Waals surface area contributed by atoms with Gasteiger partial charge in [0, 0.05) is 23.1 Å². The lowest BCUT2D eigenvalue weighted by Gasteiger charge is -2.50. The van der Waals surface area contributed by atoms with Crippen molar-refractivity contribution in [1.29, 1.82) is 0 Å². The molecule has 3 aliphatic rings. The first kappa shape index (κ1) is 25.6. The average molecular weight is 568 g/mol. The number of ether oxygens (including phenoxy) is 2. The van der Waals surface area contributed by atoms with Crippen LogP contribution in [0.25, 0.3) is 0 Å². The Kier molecular flexibility index (Phi) is 5.52. The summed E-state index contributed by atoms with van der Waals surface area (Å²) < 4.78 is 17.8. The van der Waals surface area contributed by atoms with Gasteiger partial charge in [0.15, 0.2) is 11.5 Å². The summed E-state index contributed by atoms with van der Waals surface area (Å²) in [7, 11) is 0. The highest BCUT2D eigenvalue weighted by Gasteiger charge is 2.68. The Labute approximate surface area is 237 Å². The van der Waals surface area contributed by atoms with Gasteiger partial charge in [0.1, 0.15) is 23.0 Å². The molecule has 0 unspecified atom stereocenters. The number of benzene rings is 3. The Morgan fingerprint density at radius 1 is 0.905 bits per heavy atom. The van der Waals surface area contributed by atoms with Gasteiger partial charge in [-0.05, 0) is 31.5 Å². The lowest BCUT2D eigenvalue weighted by atomic mass is 9.51. The van der Waals surface area contributed by atoms with Gasteiger partial charge in [-0.3, -0.25) is 29.8 Å². The van der Waals surface area contributed by atoms with E-state index in [0.717, 1.165) is 0 Å². The monoisotopic (exact) mass is 567 g/mol. The SMILES string of the molecule is Cc1noc([C@H]2[C@@H]3Oc4ccccc4C(=O)[C@H]3C[C@]3(C(=O)Oc4ccccc43)[C@@H]2c2ccccc2[N+](=O)[O-])c1[N+](=O)[O-]. The number of fused-ring (bicyclic) bond motifs is 4. The number of para-hydroxylation sites is 3. The Balaban J connectivity index is 1.60. The van der Waals surface area contributed by atoms with E-state index in [9.17, 15) is 29.8 Å². The van der Waals surface area contributed by atoms with Gasteiger partial charge in [-0.2, -0.15) is 0 Å². The number of carbonyl (C=O) groups excluding carboxylic acids is 2. The predicted molar refractivity (Wildman–Crippen MR) is 144 cm³/mol. The number of Topliss-reactive ketones (excluding diaryl/α,β-unsaturated/α-hetero) is 1. The molecule has 5 atom stereocenters. The van der Waals surface area contributed by atoms with Crippen molar-refractivity contribution in [3.8, 4) is 11.5 Å². The Hall–Kier alpha value is -5.39. The van der Waals surface area contributed by atoms with Crippen molar-refractivity contribution in [2.75, 3.05) is 0 Å². The quantitative estimate of drug-likeness (QED) is 0.139. The molecule has 210 valence electrons. The first-order valence-corrected chi connectivity index (χ1v) is 13.2. The number of hydrogen-bond donors (Lipinski definition) is 0. The van der Waals surface area contributed by atoms with Crippen LogP contribution in [-0.2, 0) is 10.2 Å². The molecule has 7 rings (SSSR count). The molecule has 1 fully saturated rings. The molecule has 4 aromatic rings. The highest BCUT2D eigenvalue weighted by Crippen LogP contribution is 2.64. The van der Waals surface area contributed by atoms with E-state index >= 15 is 0 Å². The number of nitro groups is 2. The normalized spacial score (nSPS) is 25.6. The molecule has 42 heavy (non-hydrogen) atoms. The number of carbonyl (C=O) groups is 2. The minimum atomic E-state index is -1.66. The van der Waals surface area contributed by atoms with Crippen LogP contribution in [0.4, 0.5) is 11.4 Å². The number of aromatic nitrogens is 1. The van der Waals surface area contributed by atoms with E-state index in [0.29, 0.717) is 11.1 Å². The van der Waals surface area contributed by atoms with Gasteiger partial charge in [-0.15, -0.1) is 0 Å². The number of hydrogen-bond acceptors (Lipinski definition) is 10. The van der Waals surface area contributed by atoms with Crippen LogP contribution in [0.3, 0.4) is 0 Å². The lowest BCUT2D eigenvalue weighted by molar-refractivity contribution is -0.387. The van der Waals surface area contributed by atoms with Crippen LogP contribution in [0.2, 0.25) is 0 Å². The molecule has 3 heterocycles. The maximum Gasteiger partial charge on any atom is 0.334 e. The van der Waals surface area contributed by atoms with Crippen LogP contribution in [0.5, 0.6) is 11.5 Å². The van der Waals surface area contributed by atoms with Gasteiger partial charge >= 0.3 is 11.7 Å². The third kappa shape index (κ3) is 3.38. The maximum absolute atomic E-state index is 14.2. The van der Waals surface area contributed by atoms with Crippen LogP contribution in [0.1, 0.15) is 51.2 Å². The Bertz CT molecular complexity index is 1830. The molecule has 3 aromatic carbocycles. The standard InChI is InChI=1S/C30H21N3O9/c1-15-25(33(38)39)28(42-31-15)23-24(16-8-2-5-11-20(16)32(36)37)30(19-10-4-7-13-22(19)41-29(30)35)14-18-26(34)17-9-3-6-12-21(17)40-27(18)23/h2-13,18,23-24,27H,14H2,1H3/t18-,23-,24-,27-,30-/m1/s1. The number of aryl methyl sites for hydroxylation is 1. The molecule has 0 bridgehead atoms. The molecule has 0 amide bonds. The van der Waals surface area contributed by atoms with Crippen LogP contribution < -0.4 is 9.47 Å². The van der Waals surface area contributed by atoms with Crippen LogP contribution in [-0.4, -0.2) is 32.9 Å². The third-order valence-electron chi connectivity index (χ3n) is 8.68. The average Bonchev–Trinajstić information content (AvgIpc) is 3.50. The van der Waals surface area contributed by atoms with Crippen molar-refractivity contribution >= 4 is 23.1 Å². The van der Waals surface area contributed by atoms with E-state index in [4.69, 9.17) is 14.0 Å². The fraction of sp³-hybridized carbons (Fsp3) is 0.233. The van der Waals surface area contributed by atoms with E-state index in [1.54, 1.807) is 54.6 Å². The fourth-order valence-electron chi connectivity index (χ4n) is 7.07. The van der Waals surface area contributed by atoms with Crippen molar-refractivity contribution in [3.05, 3.63) is 121 Å². The molecule has 0 saturated heterocycles. The second-order valence-corrected chi connectivity index (χ2v) is 10.7. The van der Waals surface area contributed by atoms with E-state index in [1.165, 1.54) is 25.1 Å². The molecule has 2 aliphatic heterocycles. The van der Waals surface area contributed by atoms with Crippen molar-refractivity contribution in [3.63, 3.8) is 0 Å². The molecule has 12 nitrogen and oxygen atoms in total. The fourth-order valence-corrected chi connectivity index (χ4v) is 7.07. The lowest BCUT2D eigenvalue weighted by Crippen LogP contribution is -2.57. The zero-order chi connectivity index (χ0) is 29.3. The summed E-state index contributed by atoms with van der Waals surface area (Å²) in [6.45, 7) is 1.41. The summed E-state index contributed by atoms with van der Waals surface area (Å²) in [5.74, 6) is -4.16. The van der Waals surface area contributed by atoms with Gasteiger partial charge in [0.2, 0.25) is 5.76 Å². The number of rotatable bonds is 4. The van der Waals surface area contributed by atoms with E-state index in [-0.39, 0.29) is 46.4 Å². The maximum atomic E-state index is 14.2. The smallest absolute Gasteiger partial charge is 0.334 e. The Morgan fingerprint density at radius 3 is 2.36 bits per heavy atom. The summed E-state index contributed by atoms with van der Waals surface area (Å²) in [5.41, 5.74) is -1.58. The number of ketones is 1. The minimum absolute atomic E-state index is 0.0237. The third-order valence-corrected chi connectivity index (χ3v) is 8.68. The number of nitrogens with zero attached hydrogens (tertiary/aromatic N) is 3. The molecule has 12 heteroatoms. The van der Waals surface area contributed by atoms with Crippen LogP contribution in [0.15, 0.2) is 77.3 Å². The van der Waals surface area contributed by atoms with Crippen molar-refractivity contribution in [1.82, 2.24) is 5.16 Å². The van der Waals surface area contributed by atoms with Crippen molar-refractivity contribution in [2.45, 2.75) is 36.7 Å². The van der Waals surface area contributed by atoms with E-state index in [2.05, 4.69) is 5.16 Å². The summed E-state index contributed by atoms with van der Waals surface area (Å²) in [5, 5.41) is 28.6. The molecule has 1 aliphatic carbocycles. The predicted octanol–water partition coefficient (Wildman–Crippen LogP) is 5.19. The molecular formula is C30H21N3O9. The largest absolute Gasteiger partial charge is 0.488 e. The number of esters is 1. The first-order chi connectivity index (χ1) is 20.2. The van der Waals surface area contributed by atoms with Gasteiger partial charge < -0.3 is 14.0 Å². The minimum Gasteiger partial charge on any atom is -0.488 e. The van der Waals surface area contributed by atoms with Gasteiger partial charge in [-0.25, -0.2) is 0 Å². The molecule has 1 saturated carbocycles. The van der Waals surface area contributed by atoms with Crippen molar-refractivity contribution in [2.24, 2.45) is 5.92 Å². The first-order valence-electron chi connectivity index (χ1n) is 13.2. The van der Waals surface area contributed by atoms with Crippen molar-refractivity contribution < 1.29 is 33.4 Å². The topological polar surface area (TPSA) is 165 Å². The van der Waals surface area contributed by atoms with Gasteiger partial charge in [0.25, 0.3) is 5.69 Å².